The fourth-order valence-corrected chi connectivity index (χ4v) is 3.25. The Morgan fingerprint density at radius 2 is 1.92 bits per heavy atom. The maximum Gasteiger partial charge on any atom is 0.340 e. The summed E-state index contributed by atoms with van der Waals surface area (Å²) in [6, 6.07) is 14.6. The number of thiazole rings is 1. The van der Waals surface area contributed by atoms with E-state index < -0.39 is 5.97 Å². The van der Waals surface area contributed by atoms with E-state index in [-0.39, 0.29) is 5.75 Å². The number of hydrogen-bond donors (Lipinski definition) is 1. The van der Waals surface area contributed by atoms with Crippen LogP contribution in [0.1, 0.15) is 10.6 Å². The van der Waals surface area contributed by atoms with E-state index in [2.05, 4.69) is 4.98 Å². The smallest absolute Gasteiger partial charge is 0.340 e. The van der Waals surface area contributed by atoms with E-state index in [0.717, 1.165) is 11.3 Å². The van der Waals surface area contributed by atoms with Crippen molar-refractivity contribution in [3.05, 3.63) is 64.5 Å². The van der Waals surface area contributed by atoms with E-state index in [1.54, 1.807) is 18.2 Å². The number of benzene rings is 2. The number of nitrogens with zero attached hydrogens (tertiary/aromatic N) is 1. The Morgan fingerprint density at radius 3 is 2.58 bits per heavy atom. The lowest BCUT2D eigenvalue weighted by molar-refractivity contribution is -0.133. The van der Waals surface area contributed by atoms with Crippen molar-refractivity contribution in [2.75, 3.05) is 14.2 Å². The van der Waals surface area contributed by atoms with Crippen LogP contribution in [0.15, 0.2) is 53.9 Å². The normalized spacial score (nSPS) is 11.2. The summed E-state index contributed by atoms with van der Waals surface area (Å²) in [7, 11) is 2.80. The van der Waals surface area contributed by atoms with Gasteiger partial charge in [0, 0.05) is 10.9 Å². The molecule has 0 aliphatic heterocycles. The van der Waals surface area contributed by atoms with Crippen molar-refractivity contribution in [3.63, 3.8) is 0 Å². The fraction of sp³-hybridized carbons (Fsp3) is 0.100. The van der Waals surface area contributed by atoms with Crippen LogP contribution >= 0.6 is 11.3 Å². The van der Waals surface area contributed by atoms with E-state index in [0.29, 0.717) is 21.9 Å². The van der Waals surface area contributed by atoms with Crippen molar-refractivity contribution >= 4 is 29.0 Å². The van der Waals surface area contributed by atoms with Crippen LogP contribution in [0.25, 0.3) is 22.9 Å². The first-order valence-electron chi connectivity index (χ1n) is 7.80. The van der Waals surface area contributed by atoms with Gasteiger partial charge in [-0.15, -0.1) is 11.3 Å². The lowest BCUT2D eigenvalue weighted by atomic mass is 10.1. The SMILES string of the molecule is COC(=O)/C(=C\c1ccc(OC)c(O)c1)c1nc(-c2ccccc2)cs1. The average molecular weight is 367 g/mol. The Labute approximate surface area is 155 Å². The monoisotopic (exact) mass is 367 g/mol. The zero-order valence-electron chi connectivity index (χ0n) is 14.3. The first kappa shape index (κ1) is 17.7. The molecule has 0 saturated carbocycles. The lowest BCUT2D eigenvalue weighted by Gasteiger charge is -2.05. The lowest BCUT2D eigenvalue weighted by Crippen LogP contribution is -2.03. The zero-order valence-corrected chi connectivity index (χ0v) is 15.1. The summed E-state index contributed by atoms with van der Waals surface area (Å²) < 4.78 is 9.94. The second kappa shape index (κ2) is 7.84. The van der Waals surface area contributed by atoms with Crippen molar-refractivity contribution in [1.29, 1.82) is 0 Å². The minimum Gasteiger partial charge on any atom is -0.504 e. The van der Waals surface area contributed by atoms with Crippen molar-refractivity contribution < 1.29 is 19.4 Å². The molecular formula is C20H17NO4S. The molecule has 0 aliphatic carbocycles. The fourth-order valence-electron chi connectivity index (χ4n) is 2.42. The number of phenolic OH excluding ortho intramolecular Hbond substituents is 1. The Kier molecular flexibility index (Phi) is 5.34. The van der Waals surface area contributed by atoms with Gasteiger partial charge in [-0.1, -0.05) is 36.4 Å². The summed E-state index contributed by atoms with van der Waals surface area (Å²) in [5, 5.41) is 12.4. The number of aromatic nitrogens is 1. The minimum atomic E-state index is -0.491. The van der Waals surface area contributed by atoms with E-state index >= 15 is 0 Å². The first-order valence-corrected chi connectivity index (χ1v) is 8.68. The molecule has 5 nitrogen and oxygen atoms in total. The second-order valence-corrected chi connectivity index (χ2v) is 6.24. The van der Waals surface area contributed by atoms with Gasteiger partial charge in [-0.25, -0.2) is 9.78 Å². The van der Waals surface area contributed by atoms with Crippen LogP contribution in [-0.4, -0.2) is 30.3 Å². The van der Waals surface area contributed by atoms with Crippen molar-refractivity contribution in [3.8, 4) is 22.8 Å². The number of phenols is 1. The van der Waals surface area contributed by atoms with Gasteiger partial charge in [0.15, 0.2) is 11.5 Å². The number of esters is 1. The molecule has 1 aromatic heterocycles. The summed E-state index contributed by atoms with van der Waals surface area (Å²) >= 11 is 1.36. The maximum absolute atomic E-state index is 12.3. The molecule has 1 heterocycles. The first-order chi connectivity index (χ1) is 12.6. The Hall–Kier alpha value is -3.12. The zero-order chi connectivity index (χ0) is 18.5. The molecule has 26 heavy (non-hydrogen) atoms. The quantitative estimate of drug-likeness (QED) is 0.540. The van der Waals surface area contributed by atoms with Crippen LogP contribution in [0.3, 0.4) is 0 Å². The molecule has 0 atom stereocenters. The number of hydrogen-bond acceptors (Lipinski definition) is 6. The highest BCUT2D eigenvalue weighted by atomic mass is 32.1. The van der Waals surface area contributed by atoms with Crippen LogP contribution in [0.4, 0.5) is 0 Å². The molecule has 0 fully saturated rings. The summed E-state index contributed by atoms with van der Waals surface area (Å²) in [4.78, 5) is 16.8. The van der Waals surface area contributed by atoms with Gasteiger partial charge in [-0.3, -0.25) is 0 Å². The molecule has 0 amide bonds. The van der Waals surface area contributed by atoms with E-state index in [9.17, 15) is 9.90 Å². The van der Waals surface area contributed by atoms with E-state index in [1.165, 1.54) is 31.6 Å². The maximum atomic E-state index is 12.3. The van der Waals surface area contributed by atoms with Gasteiger partial charge in [-0.05, 0) is 23.8 Å². The molecule has 132 valence electrons. The number of carbonyl (C=O) groups excluding carboxylic acids is 1. The highest BCUT2D eigenvalue weighted by Gasteiger charge is 2.17. The van der Waals surface area contributed by atoms with Crippen molar-refractivity contribution in [1.82, 2.24) is 4.98 Å². The second-order valence-electron chi connectivity index (χ2n) is 5.38. The number of aromatic hydroxyl groups is 1. The average Bonchev–Trinajstić information content (AvgIpc) is 3.16. The standard InChI is InChI=1S/C20H17NO4S/c1-24-18-9-8-13(11-17(18)22)10-15(20(23)25-2)19-21-16(12-26-19)14-6-4-3-5-7-14/h3-12,22H,1-2H3/b15-10-. The number of methoxy groups -OCH3 is 2. The van der Waals surface area contributed by atoms with Gasteiger partial charge in [-0.2, -0.15) is 0 Å². The third-order valence-electron chi connectivity index (χ3n) is 3.72. The molecule has 0 radical (unpaired) electrons. The van der Waals surface area contributed by atoms with Gasteiger partial charge < -0.3 is 14.6 Å². The Bertz CT molecular complexity index is 947. The van der Waals surface area contributed by atoms with Crippen molar-refractivity contribution in [2.45, 2.75) is 0 Å². The topological polar surface area (TPSA) is 68.7 Å². The van der Waals surface area contributed by atoms with Crippen LogP contribution in [-0.2, 0) is 9.53 Å². The number of rotatable bonds is 5. The molecule has 0 aliphatic rings. The largest absolute Gasteiger partial charge is 0.504 e. The van der Waals surface area contributed by atoms with Gasteiger partial charge in [0.1, 0.15) is 5.01 Å². The molecule has 3 rings (SSSR count). The van der Waals surface area contributed by atoms with E-state index in [1.807, 2.05) is 35.7 Å². The molecule has 6 heteroatoms. The summed E-state index contributed by atoms with van der Waals surface area (Å²) in [5.74, 6) is -0.133. The molecule has 0 bridgehead atoms. The predicted molar refractivity (Wildman–Crippen MR) is 102 cm³/mol. The predicted octanol–water partition coefficient (Wildman–Crippen LogP) is 4.24. The van der Waals surface area contributed by atoms with Crippen LogP contribution in [0.2, 0.25) is 0 Å². The molecular weight excluding hydrogens is 350 g/mol. The third-order valence-corrected chi connectivity index (χ3v) is 4.60. The molecule has 2 aromatic carbocycles. The van der Waals surface area contributed by atoms with Crippen LogP contribution < -0.4 is 4.74 Å². The summed E-state index contributed by atoms with van der Waals surface area (Å²) in [6.45, 7) is 0. The van der Waals surface area contributed by atoms with Gasteiger partial charge >= 0.3 is 5.97 Å². The number of carbonyl (C=O) groups is 1. The highest BCUT2D eigenvalue weighted by molar-refractivity contribution is 7.11. The minimum absolute atomic E-state index is 0.00502. The molecule has 3 aromatic rings. The van der Waals surface area contributed by atoms with Crippen molar-refractivity contribution in [2.24, 2.45) is 0 Å². The number of ether oxygens (including phenoxy) is 2. The van der Waals surface area contributed by atoms with Crippen LogP contribution in [0.5, 0.6) is 11.5 Å². The van der Waals surface area contributed by atoms with Gasteiger partial charge in [0.2, 0.25) is 0 Å². The molecule has 0 spiro atoms. The Morgan fingerprint density at radius 1 is 1.15 bits per heavy atom. The summed E-state index contributed by atoms with van der Waals surface area (Å²) in [6.07, 6.45) is 1.64. The van der Waals surface area contributed by atoms with Gasteiger partial charge in [0.25, 0.3) is 0 Å². The van der Waals surface area contributed by atoms with Crippen LogP contribution in [0, 0.1) is 0 Å². The molecule has 0 saturated heterocycles. The highest BCUT2D eigenvalue weighted by Crippen LogP contribution is 2.31. The van der Waals surface area contributed by atoms with E-state index in [4.69, 9.17) is 9.47 Å². The summed E-state index contributed by atoms with van der Waals surface area (Å²) in [5.41, 5.74) is 2.73. The molecule has 1 N–H and O–H groups in total. The third kappa shape index (κ3) is 3.75. The van der Waals surface area contributed by atoms with Gasteiger partial charge in [0.05, 0.1) is 25.5 Å². The Balaban J connectivity index is 2.00. The molecule has 0 unspecified atom stereocenters.